The first-order valence-corrected chi connectivity index (χ1v) is 9.45. The van der Waals surface area contributed by atoms with Crippen LogP contribution >= 0.6 is 22.6 Å². The minimum atomic E-state index is -3.51. The van der Waals surface area contributed by atoms with Gasteiger partial charge in [-0.25, -0.2) is 8.42 Å². The maximum Gasteiger partial charge on any atom is 0.261 e. The summed E-state index contributed by atoms with van der Waals surface area (Å²) in [4.78, 5) is 0.276. The van der Waals surface area contributed by atoms with Gasteiger partial charge in [0.05, 0.1) is 4.90 Å². The average Bonchev–Trinajstić information content (AvgIpc) is 2.47. The van der Waals surface area contributed by atoms with Gasteiger partial charge in [0.1, 0.15) is 0 Å². The van der Waals surface area contributed by atoms with E-state index in [9.17, 15) is 8.42 Å². The van der Waals surface area contributed by atoms with E-state index in [-0.39, 0.29) is 4.90 Å². The average molecular weight is 415 g/mol. The van der Waals surface area contributed by atoms with Crippen molar-refractivity contribution in [2.24, 2.45) is 0 Å². The van der Waals surface area contributed by atoms with Crippen LogP contribution in [0.2, 0.25) is 0 Å². The molecule has 0 atom stereocenters. The second kappa shape index (κ2) is 7.26. The normalized spacial score (nSPS) is 11.3. The molecule has 0 saturated carbocycles. The van der Waals surface area contributed by atoms with E-state index in [1.807, 2.05) is 24.3 Å². The molecular weight excluding hydrogens is 397 g/mol. The second-order valence-corrected chi connectivity index (χ2v) is 7.79. The molecule has 0 fully saturated rings. The summed E-state index contributed by atoms with van der Waals surface area (Å²) in [6.07, 6.45) is 3.33. The van der Waals surface area contributed by atoms with Gasteiger partial charge >= 0.3 is 0 Å². The van der Waals surface area contributed by atoms with Gasteiger partial charge < -0.3 is 0 Å². The Kier molecular flexibility index (Phi) is 5.64. The lowest BCUT2D eigenvalue weighted by molar-refractivity contribution is 0.601. The Morgan fingerprint density at radius 2 is 1.62 bits per heavy atom. The number of sulfonamides is 1. The number of anilines is 1. The van der Waals surface area contributed by atoms with Crippen molar-refractivity contribution in [3.05, 3.63) is 57.7 Å². The predicted octanol–water partition coefficient (Wildman–Crippen LogP) is 4.43. The maximum absolute atomic E-state index is 12.3. The van der Waals surface area contributed by atoms with Gasteiger partial charge in [0.25, 0.3) is 10.0 Å². The van der Waals surface area contributed by atoms with E-state index < -0.39 is 10.0 Å². The predicted molar refractivity (Wildman–Crippen MR) is 95.0 cm³/mol. The van der Waals surface area contributed by atoms with Gasteiger partial charge in [0.15, 0.2) is 0 Å². The topological polar surface area (TPSA) is 46.2 Å². The van der Waals surface area contributed by atoms with Crippen LogP contribution < -0.4 is 4.72 Å². The number of aryl methyl sites for hydroxylation is 1. The van der Waals surface area contributed by atoms with E-state index in [1.165, 1.54) is 5.56 Å². The molecule has 3 nitrogen and oxygen atoms in total. The molecule has 21 heavy (non-hydrogen) atoms. The standard InChI is InChI=1S/C16H18INO2S/c1-2-3-4-13-5-9-15(10-6-13)18-21(19,20)16-11-7-14(17)8-12-16/h5-12,18H,2-4H2,1H3. The molecule has 0 aliphatic rings. The zero-order valence-electron chi connectivity index (χ0n) is 11.8. The van der Waals surface area contributed by atoms with Crippen molar-refractivity contribution in [2.75, 3.05) is 4.72 Å². The van der Waals surface area contributed by atoms with E-state index in [2.05, 4.69) is 34.2 Å². The van der Waals surface area contributed by atoms with E-state index >= 15 is 0 Å². The molecule has 0 aliphatic carbocycles. The molecule has 0 unspecified atom stereocenters. The first kappa shape index (κ1) is 16.3. The Balaban J connectivity index is 2.11. The number of rotatable bonds is 6. The Morgan fingerprint density at radius 1 is 1.00 bits per heavy atom. The number of halogens is 1. The fraction of sp³-hybridized carbons (Fsp3) is 0.250. The fourth-order valence-corrected chi connectivity index (χ4v) is 3.37. The summed E-state index contributed by atoms with van der Waals surface area (Å²) in [5, 5.41) is 0. The zero-order chi connectivity index (χ0) is 15.3. The Bertz CT molecular complexity index is 679. The van der Waals surface area contributed by atoms with Gasteiger partial charge in [-0.1, -0.05) is 25.5 Å². The van der Waals surface area contributed by atoms with Gasteiger partial charge in [0.2, 0.25) is 0 Å². The van der Waals surface area contributed by atoms with Crippen LogP contribution in [0.3, 0.4) is 0 Å². The van der Waals surface area contributed by atoms with Gasteiger partial charge in [0, 0.05) is 9.26 Å². The molecule has 0 bridgehead atoms. The number of hydrogen-bond donors (Lipinski definition) is 1. The van der Waals surface area contributed by atoms with E-state index in [0.29, 0.717) is 5.69 Å². The van der Waals surface area contributed by atoms with Crippen molar-refractivity contribution in [3.8, 4) is 0 Å². The second-order valence-electron chi connectivity index (χ2n) is 4.86. The van der Waals surface area contributed by atoms with E-state index in [0.717, 1.165) is 22.8 Å². The first-order valence-electron chi connectivity index (χ1n) is 6.88. The molecule has 1 N–H and O–H groups in total. The van der Waals surface area contributed by atoms with Crippen LogP contribution in [0.15, 0.2) is 53.4 Å². The van der Waals surface area contributed by atoms with Gasteiger partial charge in [-0.15, -0.1) is 0 Å². The molecular formula is C16H18INO2S. The smallest absolute Gasteiger partial charge is 0.261 e. The Labute approximate surface area is 140 Å². The van der Waals surface area contributed by atoms with Crippen molar-refractivity contribution in [1.82, 2.24) is 0 Å². The highest BCUT2D eigenvalue weighted by Crippen LogP contribution is 2.18. The highest BCUT2D eigenvalue weighted by atomic mass is 127. The van der Waals surface area contributed by atoms with E-state index in [1.54, 1.807) is 24.3 Å². The summed E-state index contributed by atoms with van der Waals surface area (Å²) in [6, 6.07) is 14.4. The third-order valence-corrected chi connectivity index (χ3v) is 5.27. The molecule has 2 rings (SSSR count). The first-order chi connectivity index (χ1) is 10.0. The summed E-state index contributed by atoms with van der Waals surface area (Å²) < 4.78 is 28.1. The SMILES string of the molecule is CCCCc1ccc(NS(=O)(=O)c2ccc(I)cc2)cc1. The van der Waals surface area contributed by atoms with Crippen LogP contribution in [0.4, 0.5) is 5.69 Å². The van der Waals surface area contributed by atoms with Crippen molar-refractivity contribution in [1.29, 1.82) is 0 Å². The molecule has 0 heterocycles. The summed E-state index contributed by atoms with van der Waals surface area (Å²) in [5.74, 6) is 0. The number of benzene rings is 2. The molecule has 0 radical (unpaired) electrons. The van der Waals surface area contributed by atoms with Gasteiger partial charge in [-0.05, 0) is 77.4 Å². The third-order valence-electron chi connectivity index (χ3n) is 3.15. The van der Waals surface area contributed by atoms with Crippen LogP contribution in [0, 0.1) is 3.57 Å². The molecule has 0 amide bonds. The van der Waals surface area contributed by atoms with Crippen LogP contribution in [-0.2, 0) is 16.4 Å². The molecule has 2 aromatic carbocycles. The lowest BCUT2D eigenvalue weighted by Crippen LogP contribution is -2.12. The lowest BCUT2D eigenvalue weighted by Gasteiger charge is -2.09. The number of unbranched alkanes of at least 4 members (excludes halogenated alkanes) is 1. The van der Waals surface area contributed by atoms with Gasteiger partial charge in [-0.2, -0.15) is 0 Å². The van der Waals surface area contributed by atoms with Gasteiger partial charge in [-0.3, -0.25) is 4.72 Å². The van der Waals surface area contributed by atoms with Crippen LogP contribution in [0.5, 0.6) is 0 Å². The van der Waals surface area contributed by atoms with Crippen molar-refractivity contribution >= 4 is 38.3 Å². The quantitative estimate of drug-likeness (QED) is 0.710. The highest BCUT2D eigenvalue weighted by Gasteiger charge is 2.13. The van der Waals surface area contributed by atoms with Crippen molar-refractivity contribution in [2.45, 2.75) is 31.1 Å². The zero-order valence-corrected chi connectivity index (χ0v) is 14.8. The third kappa shape index (κ3) is 4.71. The van der Waals surface area contributed by atoms with Crippen LogP contribution in [0.25, 0.3) is 0 Å². The highest BCUT2D eigenvalue weighted by molar-refractivity contribution is 14.1. The van der Waals surface area contributed by atoms with Crippen molar-refractivity contribution in [3.63, 3.8) is 0 Å². The van der Waals surface area contributed by atoms with Crippen LogP contribution in [0.1, 0.15) is 25.3 Å². The summed E-state index contributed by atoms with van der Waals surface area (Å²) in [6.45, 7) is 2.16. The molecule has 2 aromatic rings. The minimum absolute atomic E-state index is 0.276. The maximum atomic E-state index is 12.3. The fourth-order valence-electron chi connectivity index (χ4n) is 1.95. The lowest BCUT2D eigenvalue weighted by atomic mass is 10.1. The molecule has 5 heteroatoms. The molecule has 0 saturated heterocycles. The summed E-state index contributed by atoms with van der Waals surface area (Å²) >= 11 is 2.15. The summed E-state index contributed by atoms with van der Waals surface area (Å²) in [5.41, 5.74) is 1.82. The molecule has 112 valence electrons. The Hall–Kier alpha value is -1.08. The number of nitrogens with one attached hydrogen (secondary N) is 1. The molecule has 0 spiro atoms. The van der Waals surface area contributed by atoms with Crippen LogP contribution in [-0.4, -0.2) is 8.42 Å². The largest absolute Gasteiger partial charge is 0.280 e. The van der Waals surface area contributed by atoms with Crippen molar-refractivity contribution < 1.29 is 8.42 Å². The van der Waals surface area contributed by atoms with E-state index in [4.69, 9.17) is 0 Å². The minimum Gasteiger partial charge on any atom is -0.280 e. The summed E-state index contributed by atoms with van der Waals surface area (Å²) in [7, 11) is -3.51. The molecule has 0 aromatic heterocycles. The monoisotopic (exact) mass is 415 g/mol. The molecule has 0 aliphatic heterocycles. The number of hydrogen-bond acceptors (Lipinski definition) is 2. The Morgan fingerprint density at radius 3 is 2.19 bits per heavy atom.